The summed E-state index contributed by atoms with van der Waals surface area (Å²) >= 11 is 0. The molecular weight excluding hydrogens is 286 g/mol. The van der Waals surface area contributed by atoms with Gasteiger partial charge in [0.25, 0.3) is 0 Å². The Morgan fingerprint density at radius 1 is 1.22 bits per heavy atom. The van der Waals surface area contributed by atoms with Crippen LogP contribution < -0.4 is 9.79 Å². The van der Waals surface area contributed by atoms with E-state index >= 15 is 0 Å². The fourth-order valence-electron chi connectivity index (χ4n) is 1.25. The Morgan fingerprint density at radius 3 is 2.06 bits per heavy atom. The Kier molecular flexibility index (Phi) is 6.67. The Bertz CT molecular complexity index is 337. The van der Waals surface area contributed by atoms with Crippen molar-refractivity contribution >= 4 is 15.6 Å². The SMILES string of the molecule is CC(C)(C)C(CCCOP(=O)([O-])[O-])OP(=O)(O)O. The Morgan fingerprint density at radius 2 is 1.72 bits per heavy atom. The average molecular weight is 304 g/mol. The predicted molar refractivity (Wildman–Crippen MR) is 59.2 cm³/mol. The summed E-state index contributed by atoms with van der Waals surface area (Å²) in [6.07, 6.45) is -0.481. The first-order valence-electron chi connectivity index (χ1n) is 5.22. The first kappa shape index (κ1) is 18.2. The van der Waals surface area contributed by atoms with E-state index in [1.54, 1.807) is 20.8 Å². The molecule has 0 aliphatic carbocycles. The molecule has 0 rings (SSSR count). The van der Waals surface area contributed by atoms with Crippen LogP contribution in [0.1, 0.15) is 33.6 Å². The molecule has 0 aliphatic heterocycles. The van der Waals surface area contributed by atoms with Crippen molar-refractivity contribution in [3.8, 4) is 0 Å². The van der Waals surface area contributed by atoms with Gasteiger partial charge in [0.05, 0.1) is 20.5 Å². The Hall–Kier alpha value is 0.220. The van der Waals surface area contributed by atoms with Gasteiger partial charge in [0.2, 0.25) is 0 Å². The number of hydrogen-bond acceptors (Lipinski definition) is 6. The molecule has 8 nitrogen and oxygen atoms in total. The zero-order chi connectivity index (χ0) is 14.6. The van der Waals surface area contributed by atoms with Crippen molar-refractivity contribution in [1.29, 1.82) is 0 Å². The lowest BCUT2D eigenvalue weighted by Crippen LogP contribution is -2.29. The van der Waals surface area contributed by atoms with Gasteiger partial charge in [-0.15, -0.1) is 0 Å². The maximum atomic E-state index is 10.8. The standard InChI is InChI=1S/C8H20O8P2/c1-8(2,3)7(16-18(12,13)14)5-4-6-15-17(9,10)11/h7H,4-6H2,1-3H3,(H2,9,10,11)(H2,12,13,14)/p-2. The lowest BCUT2D eigenvalue weighted by Gasteiger charge is -2.32. The molecule has 0 radical (unpaired) electrons. The average Bonchev–Trinajstić information content (AvgIpc) is 2.04. The molecule has 0 bridgehead atoms. The topological polar surface area (TPSA) is 139 Å². The van der Waals surface area contributed by atoms with Crippen LogP contribution in [0.25, 0.3) is 0 Å². The van der Waals surface area contributed by atoms with E-state index in [-0.39, 0.29) is 19.4 Å². The highest BCUT2D eigenvalue weighted by molar-refractivity contribution is 7.46. The quantitative estimate of drug-likeness (QED) is 0.500. The summed E-state index contributed by atoms with van der Waals surface area (Å²) in [5.74, 6) is 0. The van der Waals surface area contributed by atoms with Crippen LogP contribution in [0.2, 0.25) is 0 Å². The van der Waals surface area contributed by atoms with E-state index in [4.69, 9.17) is 9.79 Å². The van der Waals surface area contributed by atoms with E-state index in [9.17, 15) is 18.9 Å². The fourth-order valence-corrected chi connectivity index (χ4v) is 2.36. The predicted octanol–water partition coefficient (Wildman–Crippen LogP) is 0.136. The number of hydrogen-bond donors (Lipinski definition) is 2. The fraction of sp³-hybridized carbons (Fsp3) is 1.00. The molecule has 0 aromatic rings. The van der Waals surface area contributed by atoms with Gasteiger partial charge < -0.3 is 28.7 Å². The minimum absolute atomic E-state index is 0.135. The number of rotatable bonds is 7. The maximum absolute atomic E-state index is 10.8. The molecule has 0 fully saturated rings. The van der Waals surface area contributed by atoms with Crippen LogP contribution in [-0.4, -0.2) is 22.5 Å². The van der Waals surface area contributed by atoms with E-state index in [1.165, 1.54) is 0 Å². The molecule has 0 spiro atoms. The highest BCUT2D eigenvalue weighted by Crippen LogP contribution is 2.43. The van der Waals surface area contributed by atoms with Gasteiger partial charge in [0, 0.05) is 0 Å². The van der Waals surface area contributed by atoms with E-state index in [1.807, 2.05) is 0 Å². The zero-order valence-electron chi connectivity index (χ0n) is 10.4. The summed E-state index contributed by atoms with van der Waals surface area (Å²) in [4.78, 5) is 37.9. The normalized spacial score (nSPS) is 15.7. The van der Waals surface area contributed by atoms with Crippen LogP contribution in [0.5, 0.6) is 0 Å². The summed E-state index contributed by atoms with van der Waals surface area (Å²) in [6, 6.07) is 0. The summed E-state index contributed by atoms with van der Waals surface area (Å²) in [7, 11) is -9.62. The van der Waals surface area contributed by atoms with Crippen molar-refractivity contribution in [3.63, 3.8) is 0 Å². The largest absolute Gasteiger partial charge is 0.790 e. The van der Waals surface area contributed by atoms with Crippen molar-refractivity contribution in [3.05, 3.63) is 0 Å². The van der Waals surface area contributed by atoms with E-state index in [0.717, 1.165) is 0 Å². The van der Waals surface area contributed by atoms with Crippen molar-refractivity contribution in [2.45, 2.75) is 39.7 Å². The molecule has 110 valence electrons. The molecule has 0 aromatic carbocycles. The van der Waals surface area contributed by atoms with Crippen LogP contribution in [-0.2, 0) is 18.2 Å². The first-order chi connectivity index (χ1) is 7.81. The molecule has 0 saturated heterocycles. The highest BCUT2D eigenvalue weighted by Gasteiger charge is 2.31. The van der Waals surface area contributed by atoms with Gasteiger partial charge >= 0.3 is 7.82 Å². The summed E-state index contributed by atoms with van der Waals surface area (Å²) in [5.41, 5.74) is -0.542. The molecule has 0 heterocycles. The smallest absolute Gasteiger partial charge is 0.469 e. The van der Waals surface area contributed by atoms with Crippen molar-refractivity contribution in [2.75, 3.05) is 6.61 Å². The van der Waals surface area contributed by atoms with Crippen LogP contribution in [0.3, 0.4) is 0 Å². The van der Waals surface area contributed by atoms with E-state index in [0.29, 0.717) is 0 Å². The van der Waals surface area contributed by atoms with Crippen LogP contribution >= 0.6 is 15.6 Å². The molecule has 0 amide bonds. The minimum atomic E-state index is -5.00. The van der Waals surface area contributed by atoms with Crippen molar-refractivity contribution < 1.29 is 37.8 Å². The highest BCUT2D eigenvalue weighted by atomic mass is 31.2. The summed E-state index contributed by atoms with van der Waals surface area (Å²) < 4.78 is 29.6. The molecule has 2 N–H and O–H groups in total. The van der Waals surface area contributed by atoms with Gasteiger partial charge in [-0.25, -0.2) is 4.57 Å². The molecule has 1 unspecified atom stereocenters. The van der Waals surface area contributed by atoms with Gasteiger partial charge in [0.1, 0.15) is 0 Å². The molecule has 10 heteroatoms. The lowest BCUT2D eigenvalue weighted by atomic mass is 9.87. The Balaban J connectivity index is 4.28. The molecule has 18 heavy (non-hydrogen) atoms. The van der Waals surface area contributed by atoms with Gasteiger partial charge in [-0.3, -0.25) is 4.52 Å². The van der Waals surface area contributed by atoms with Gasteiger partial charge in [0.15, 0.2) is 0 Å². The lowest BCUT2D eigenvalue weighted by molar-refractivity contribution is -0.341. The molecule has 0 aromatic heterocycles. The number of phosphoric acid groups is 2. The van der Waals surface area contributed by atoms with Crippen molar-refractivity contribution in [2.24, 2.45) is 5.41 Å². The summed E-state index contributed by atoms with van der Waals surface area (Å²) in [6.45, 7) is 4.84. The third-order valence-corrected chi connectivity index (χ3v) is 3.12. The van der Waals surface area contributed by atoms with Crippen molar-refractivity contribution in [1.82, 2.24) is 0 Å². The van der Waals surface area contributed by atoms with E-state index in [2.05, 4.69) is 9.05 Å². The minimum Gasteiger partial charge on any atom is -0.790 e. The first-order valence-corrected chi connectivity index (χ1v) is 8.21. The molecule has 0 aliphatic rings. The Labute approximate surface area is 106 Å². The third kappa shape index (κ3) is 10.2. The zero-order valence-corrected chi connectivity index (χ0v) is 12.2. The second kappa shape index (κ2) is 6.59. The van der Waals surface area contributed by atoms with Gasteiger partial charge in [-0.1, -0.05) is 20.8 Å². The molecule has 1 atom stereocenters. The third-order valence-electron chi connectivity index (χ3n) is 2.09. The van der Waals surface area contributed by atoms with E-state index < -0.39 is 27.2 Å². The second-order valence-corrected chi connectivity index (χ2v) is 7.22. The molecular formula is C8H18O8P2-2. The molecule has 0 saturated carbocycles. The number of phosphoric ester groups is 2. The monoisotopic (exact) mass is 304 g/mol. The van der Waals surface area contributed by atoms with Gasteiger partial charge in [-0.05, 0) is 18.3 Å². The van der Waals surface area contributed by atoms with Crippen LogP contribution in [0.4, 0.5) is 0 Å². The van der Waals surface area contributed by atoms with Crippen LogP contribution in [0, 0.1) is 5.41 Å². The maximum Gasteiger partial charge on any atom is 0.469 e. The summed E-state index contributed by atoms with van der Waals surface area (Å²) in [5, 5.41) is 0. The van der Waals surface area contributed by atoms with Crippen LogP contribution in [0.15, 0.2) is 0 Å². The second-order valence-electron chi connectivity index (χ2n) is 4.87. The van der Waals surface area contributed by atoms with Gasteiger partial charge in [-0.2, -0.15) is 0 Å².